The van der Waals surface area contributed by atoms with E-state index in [9.17, 15) is 9.59 Å². The van der Waals surface area contributed by atoms with E-state index in [0.717, 1.165) is 81.2 Å². The first kappa shape index (κ1) is 45.0. The van der Waals surface area contributed by atoms with Crippen LogP contribution in [0.1, 0.15) is 93.9 Å². The Morgan fingerprint density at radius 1 is 1.17 bits per heavy atom. The van der Waals surface area contributed by atoms with Crippen LogP contribution in [0.4, 0.5) is 5.82 Å². The molecule has 1 aliphatic rings. The predicted molar refractivity (Wildman–Crippen MR) is 203 cm³/mol. The second-order valence-corrected chi connectivity index (χ2v) is 11.6. The van der Waals surface area contributed by atoms with E-state index in [0.29, 0.717) is 40.9 Å². The zero-order valence-electron chi connectivity index (χ0n) is 31.7. The van der Waals surface area contributed by atoms with Crippen molar-refractivity contribution in [1.29, 1.82) is 0 Å². The zero-order valence-corrected chi connectivity index (χ0v) is 32.5. The molecule has 48 heavy (non-hydrogen) atoms. The van der Waals surface area contributed by atoms with Gasteiger partial charge in [0, 0.05) is 61.8 Å². The second-order valence-electron chi connectivity index (χ2n) is 11.2. The average molecular weight is 690 g/mol. The first-order chi connectivity index (χ1) is 23.0. The van der Waals surface area contributed by atoms with E-state index in [-0.39, 0.29) is 11.3 Å². The van der Waals surface area contributed by atoms with Crippen molar-refractivity contribution >= 4 is 23.3 Å². The van der Waals surface area contributed by atoms with E-state index in [2.05, 4.69) is 56.3 Å². The SMILES string of the molecule is C=C(Cl)/C(C)=C\Cc1occ(CCN2CCC(N(C)CCN(CCC)c3ncc(C(=O)NC)nc3C)CC2)c(=O)c1C.CC.CC.CN. The zero-order chi connectivity index (χ0) is 36.8. The lowest BCUT2D eigenvalue weighted by Gasteiger charge is -2.37. The highest BCUT2D eigenvalue weighted by atomic mass is 35.5. The minimum Gasteiger partial charge on any atom is -0.468 e. The number of likely N-dealkylation sites (N-methyl/N-ethyl adjacent to an activating group) is 1. The van der Waals surface area contributed by atoms with E-state index in [1.807, 2.05) is 54.5 Å². The van der Waals surface area contributed by atoms with Crippen LogP contribution in [0.5, 0.6) is 0 Å². The molecule has 0 aliphatic carbocycles. The molecular formula is C37H64ClN7O3. The molecule has 1 aliphatic heterocycles. The molecule has 11 heteroatoms. The Morgan fingerprint density at radius 2 is 1.79 bits per heavy atom. The van der Waals surface area contributed by atoms with Gasteiger partial charge in [-0.15, -0.1) is 0 Å². The molecule has 3 heterocycles. The Morgan fingerprint density at radius 3 is 2.33 bits per heavy atom. The number of likely N-dealkylation sites (tertiary alicyclic amines) is 1. The van der Waals surface area contributed by atoms with E-state index >= 15 is 0 Å². The minimum atomic E-state index is -0.226. The van der Waals surface area contributed by atoms with Crippen LogP contribution in [0.25, 0.3) is 0 Å². The number of carbonyl (C=O) groups excluding carboxylic acids is 1. The third-order valence-corrected chi connectivity index (χ3v) is 8.49. The van der Waals surface area contributed by atoms with Crippen LogP contribution in [-0.4, -0.2) is 92.1 Å². The number of aryl methyl sites for hydroxylation is 1. The van der Waals surface area contributed by atoms with Crippen molar-refractivity contribution < 1.29 is 9.21 Å². The number of hydrogen-bond acceptors (Lipinski definition) is 9. The molecule has 10 nitrogen and oxygen atoms in total. The number of hydrogen-bond donors (Lipinski definition) is 2. The molecule has 3 N–H and O–H groups in total. The summed E-state index contributed by atoms with van der Waals surface area (Å²) >= 11 is 5.94. The summed E-state index contributed by atoms with van der Waals surface area (Å²) in [6, 6.07) is 0.514. The third-order valence-electron chi connectivity index (χ3n) is 8.19. The maximum absolute atomic E-state index is 13.0. The summed E-state index contributed by atoms with van der Waals surface area (Å²) in [6.07, 6.45) is 9.51. The van der Waals surface area contributed by atoms with Gasteiger partial charge in [0.05, 0.1) is 18.2 Å². The van der Waals surface area contributed by atoms with Gasteiger partial charge in [0.1, 0.15) is 17.3 Å². The second kappa shape index (κ2) is 25.0. The van der Waals surface area contributed by atoms with Gasteiger partial charge in [-0.3, -0.25) is 9.59 Å². The van der Waals surface area contributed by atoms with Gasteiger partial charge in [-0.05, 0) is 79.2 Å². The molecule has 0 atom stereocenters. The van der Waals surface area contributed by atoms with Gasteiger partial charge < -0.3 is 30.2 Å². The van der Waals surface area contributed by atoms with Crippen LogP contribution in [0, 0.1) is 13.8 Å². The smallest absolute Gasteiger partial charge is 0.271 e. The van der Waals surface area contributed by atoms with Crippen molar-refractivity contribution in [3.05, 3.63) is 74.2 Å². The van der Waals surface area contributed by atoms with E-state index in [1.165, 1.54) is 7.05 Å². The fourth-order valence-corrected chi connectivity index (χ4v) is 5.40. The molecule has 0 radical (unpaired) electrons. The van der Waals surface area contributed by atoms with Gasteiger partial charge >= 0.3 is 0 Å². The topological polar surface area (TPSA) is 121 Å². The van der Waals surface area contributed by atoms with Gasteiger partial charge in [0.25, 0.3) is 5.91 Å². The molecule has 2 aromatic rings. The molecule has 1 amide bonds. The summed E-state index contributed by atoms with van der Waals surface area (Å²) in [5.41, 5.74) is 7.96. The summed E-state index contributed by atoms with van der Waals surface area (Å²) in [6.45, 7) is 25.0. The lowest BCUT2D eigenvalue weighted by Crippen LogP contribution is -2.46. The molecule has 1 saturated heterocycles. The highest BCUT2D eigenvalue weighted by molar-refractivity contribution is 6.31. The van der Waals surface area contributed by atoms with Crippen molar-refractivity contribution in [3.63, 3.8) is 0 Å². The summed E-state index contributed by atoms with van der Waals surface area (Å²) in [7, 11) is 5.30. The van der Waals surface area contributed by atoms with Crippen LogP contribution in [0.2, 0.25) is 0 Å². The van der Waals surface area contributed by atoms with Crippen LogP contribution in [0.3, 0.4) is 0 Å². The molecule has 0 saturated carbocycles. The number of anilines is 1. The molecule has 2 aromatic heterocycles. The highest BCUT2D eigenvalue weighted by Crippen LogP contribution is 2.19. The van der Waals surface area contributed by atoms with Crippen molar-refractivity contribution in [2.75, 3.05) is 65.3 Å². The highest BCUT2D eigenvalue weighted by Gasteiger charge is 2.24. The Kier molecular flexibility index (Phi) is 23.4. The first-order valence-corrected chi connectivity index (χ1v) is 17.9. The number of amides is 1. The van der Waals surface area contributed by atoms with Gasteiger partial charge in [-0.25, -0.2) is 9.97 Å². The number of carbonyl (C=O) groups is 1. The van der Waals surface area contributed by atoms with Crippen molar-refractivity contribution in [2.24, 2.45) is 5.73 Å². The number of aromatic nitrogens is 2. The number of nitrogens with one attached hydrogen (secondary N) is 1. The van der Waals surface area contributed by atoms with E-state index in [1.54, 1.807) is 19.5 Å². The predicted octanol–water partition coefficient (Wildman–Crippen LogP) is 6.13. The fraction of sp³-hybridized carbons (Fsp3) is 0.622. The monoisotopic (exact) mass is 689 g/mol. The van der Waals surface area contributed by atoms with Crippen molar-refractivity contribution in [2.45, 2.75) is 93.5 Å². The molecule has 272 valence electrons. The number of rotatable bonds is 14. The van der Waals surface area contributed by atoms with E-state index < -0.39 is 0 Å². The Bertz CT molecular complexity index is 1320. The van der Waals surface area contributed by atoms with Crippen LogP contribution >= 0.6 is 11.6 Å². The molecule has 0 aromatic carbocycles. The van der Waals surface area contributed by atoms with Crippen LogP contribution in [0.15, 0.2) is 44.9 Å². The number of nitrogens with zero attached hydrogens (tertiary/aromatic N) is 5. The first-order valence-electron chi connectivity index (χ1n) is 17.5. The average Bonchev–Trinajstić information content (AvgIpc) is 3.12. The fourth-order valence-electron chi connectivity index (χ4n) is 5.32. The number of halogens is 1. The maximum Gasteiger partial charge on any atom is 0.271 e. The number of nitrogens with two attached hydrogens (primary N) is 1. The molecule has 0 spiro atoms. The van der Waals surface area contributed by atoms with Gasteiger partial charge in [0.15, 0.2) is 5.43 Å². The largest absolute Gasteiger partial charge is 0.468 e. The summed E-state index contributed by atoms with van der Waals surface area (Å²) in [5, 5.41) is 3.10. The standard InChI is InChI=1S/C32H47ClN6O3.2C2H6.CH5N/c1-8-14-39(31-25(5)36-28(20-35-31)32(41)34-6)19-18-37(7)27-12-16-38(17-13-27)15-11-26-21-42-29(23(3)30(26)40)10-9-22(2)24(4)33;3*1-2/h9,20-21,27H,4,8,10-19H2,1-3,5-7H3,(H,34,41);2*1-2H3;2H2,1H3/b22-9-;;;. The van der Waals surface area contributed by atoms with E-state index in [4.69, 9.17) is 16.0 Å². The van der Waals surface area contributed by atoms with Crippen LogP contribution in [-0.2, 0) is 12.8 Å². The minimum absolute atomic E-state index is 0.0708. The maximum atomic E-state index is 13.0. The lowest BCUT2D eigenvalue weighted by atomic mass is 10.0. The summed E-state index contributed by atoms with van der Waals surface area (Å²) in [5.74, 6) is 1.29. The summed E-state index contributed by atoms with van der Waals surface area (Å²) < 4.78 is 5.84. The summed E-state index contributed by atoms with van der Waals surface area (Å²) in [4.78, 5) is 41.1. The Hall–Kier alpha value is -3.05. The van der Waals surface area contributed by atoms with Gasteiger partial charge in [-0.1, -0.05) is 58.9 Å². The van der Waals surface area contributed by atoms with Crippen molar-refractivity contribution in [1.82, 2.24) is 25.1 Å². The number of piperidine rings is 1. The molecule has 3 rings (SSSR count). The van der Waals surface area contributed by atoms with Crippen molar-refractivity contribution in [3.8, 4) is 0 Å². The quantitative estimate of drug-likeness (QED) is 0.226. The van der Waals surface area contributed by atoms with Gasteiger partial charge in [0.2, 0.25) is 0 Å². The Balaban J connectivity index is 0.00000348. The lowest BCUT2D eigenvalue weighted by molar-refractivity contribution is 0.0957. The Labute approximate surface area is 295 Å². The van der Waals surface area contributed by atoms with Gasteiger partial charge in [-0.2, -0.15) is 0 Å². The molecule has 0 unspecified atom stereocenters. The molecule has 1 fully saturated rings. The third kappa shape index (κ3) is 14.2. The number of allylic oxidation sites excluding steroid dienone is 3. The molecule has 0 bridgehead atoms. The normalized spacial score (nSPS) is 13.3. The molecular weight excluding hydrogens is 626 g/mol. The van der Waals surface area contributed by atoms with Crippen LogP contribution < -0.4 is 21.4 Å².